The molecule has 132 valence electrons. The second-order valence-electron chi connectivity index (χ2n) is 5.34. The van der Waals surface area contributed by atoms with Gasteiger partial charge in [0.1, 0.15) is 6.61 Å². The molecular formula is C21H18O5. The Bertz CT molecular complexity index is 874. The van der Waals surface area contributed by atoms with Crippen molar-refractivity contribution in [1.82, 2.24) is 0 Å². The first kappa shape index (κ1) is 18.8. The first-order valence-electron chi connectivity index (χ1n) is 7.81. The van der Waals surface area contributed by atoms with Gasteiger partial charge in [-0.05, 0) is 35.4 Å². The third kappa shape index (κ3) is 4.99. The molecule has 5 nitrogen and oxygen atoms in total. The lowest BCUT2D eigenvalue weighted by molar-refractivity contribution is -0.113. The topological polar surface area (TPSA) is 72.8 Å². The van der Waals surface area contributed by atoms with Gasteiger partial charge in [-0.25, -0.2) is 4.79 Å². The molecule has 0 bridgehead atoms. The molecule has 2 aromatic carbocycles. The van der Waals surface area contributed by atoms with Crippen molar-refractivity contribution in [1.29, 1.82) is 0 Å². The third-order valence-electron chi connectivity index (χ3n) is 3.57. The number of hydrogen-bond donors (Lipinski definition) is 1. The molecule has 0 amide bonds. The smallest absolute Gasteiger partial charge is 0.335 e. The minimum Gasteiger partial charge on any atom is -0.493 e. The Morgan fingerprint density at radius 1 is 1.19 bits per heavy atom. The maximum absolute atomic E-state index is 12.2. The van der Waals surface area contributed by atoms with Crippen molar-refractivity contribution < 1.29 is 24.2 Å². The molecule has 26 heavy (non-hydrogen) atoms. The highest BCUT2D eigenvalue weighted by Gasteiger charge is 2.11. The van der Waals surface area contributed by atoms with E-state index in [2.05, 4.69) is 5.92 Å². The van der Waals surface area contributed by atoms with Crippen molar-refractivity contribution >= 4 is 17.8 Å². The van der Waals surface area contributed by atoms with Crippen LogP contribution >= 0.6 is 0 Å². The van der Waals surface area contributed by atoms with Crippen LogP contribution in [-0.2, 0) is 11.2 Å². The summed E-state index contributed by atoms with van der Waals surface area (Å²) >= 11 is 0. The van der Waals surface area contributed by atoms with Crippen LogP contribution in [0.1, 0.15) is 21.5 Å². The number of carboxylic acids is 1. The standard InChI is InChI=1S/C21H18O5/c1-3-12-26-19-11-9-15(13-20(19)25-2)8-10-17(22)14-16-6-4-5-7-18(16)21(23)24/h1,4-11,13H,12,14H2,2H3,(H,23,24)/b10-8+. The van der Waals surface area contributed by atoms with E-state index < -0.39 is 5.97 Å². The summed E-state index contributed by atoms with van der Waals surface area (Å²) in [6.07, 6.45) is 8.23. The van der Waals surface area contributed by atoms with Crippen molar-refractivity contribution in [3.8, 4) is 23.8 Å². The highest BCUT2D eigenvalue weighted by atomic mass is 16.5. The maximum Gasteiger partial charge on any atom is 0.335 e. The van der Waals surface area contributed by atoms with Gasteiger partial charge in [0.05, 0.1) is 12.7 Å². The maximum atomic E-state index is 12.2. The Balaban J connectivity index is 2.11. The number of ether oxygens (including phenoxy) is 2. The van der Waals surface area contributed by atoms with Crippen LogP contribution < -0.4 is 9.47 Å². The molecule has 0 aliphatic carbocycles. The monoisotopic (exact) mass is 350 g/mol. The van der Waals surface area contributed by atoms with E-state index in [1.165, 1.54) is 19.3 Å². The first-order chi connectivity index (χ1) is 12.5. The van der Waals surface area contributed by atoms with E-state index in [1.807, 2.05) is 0 Å². The van der Waals surface area contributed by atoms with E-state index in [4.69, 9.17) is 21.0 Å². The fourth-order valence-electron chi connectivity index (χ4n) is 2.35. The quantitative estimate of drug-likeness (QED) is 0.584. The highest BCUT2D eigenvalue weighted by molar-refractivity contribution is 5.97. The van der Waals surface area contributed by atoms with Crippen LogP contribution in [0.2, 0.25) is 0 Å². The van der Waals surface area contributed by atoms with Crippen LogP contribution in [0, 0.1) is 12.3 Å². The average Bonchev–Trinajstić information content (AvgIpc) is 2.65. The summed E-state index contributed by atoms with van der Waals surface area (Å²) < 4.78 is 10.6. The zero-order valence-electron chi connectivity index (χ0n) is 14.3. The summed E-state index contributed by atoms with van der Waals surface area (Å²) in [6, 6.07) is 11.6. The van der Waals surface area contributed by atoms with Gasteiger partial charge in [0, 0.05) is 6.42 Å². The van der Waals surface area contributed by atoms with Crippen molar-refractivity contribution in [3.63, 3.8) is 0 Å². The molecule has 2 aromatic rings. The third-order valence-corrected chi connectivity index (χ3v) is 3.57. The summed E-state index contributed by atoms with van der Waals surface area (Å²) in [4.78, 5) is 23.4. The molecule has 2 rings (SSSR count). The molecule has 5 heteroatoms. The average molecular weight is 350 g/mol. The molecular weight excluding hydrogens is 332 g/mol. The molecule has 0 atom stereocenters. The summed E-state index contributed by atoms with van der Waals surface area (Å²) in [5.41, 5.74) is 1.35. The second-order valence-corrected chi connectivity index (χ2v) is 5.34. The highest BCUT2D eigenvalue weighted by Crippen LogP contribution is 2.28. The number of benzene rings is 2. The van der Waals surface area contributed by atoms with Crippen LogP contribution in [0.25, 0.3) is 6.08 Å². The number of terminal acetylenes is 1. The minimum absolute atomic E-state index is 0.0134. The number of carboxylic acid groups (broad SMARTS) is 1. The van der Waals surface area contributed by atoms with Crippen LogP contribution in [0.15, 0.2) is 48.5 Å². The van der Waals surface area contributed by atoms with Crippen LogP contribution in [0.4, 0.5) is 0 Å². The number of rotatable bonds is 8. The fourth-order valence-corrected chi connectivity index (χ4v) is 2.35. The number of ketones is 1. The number of methoxy groups -OCH3 is 1. The normalized spacial score (nSPS) is 10.3. The molecule has 1 N–H and O–H groups in total. The molecule has 0 aliphatic rings. The van der Waals surface area contributed by atoms with E-state index >= 15 is 0 Å². The van der Waals surface area contributed by atoms with Gasteiger partial charge in [0.25, 0.3) is 0 Å². The Morgan fingerprint density at radius 3 is 2.65 bits per heavy atom. The zero-order chi connectivity index (χ0) is 18.9. The molecule has 0 aliphatic heterocycles. The van der Waals surface area contributed by atoms with Crippen molar-refractivity contribution in [2.24, 2.45) is 0 Å². The minimum atomic E-state index is -1.05. The van der Waals surface area contributed by atoms with E-state index in [-0.39, 0.29) is 24.4 Å². The van der Waals surface area contributed by atoms with Gasteiger partial charge in [-0.15, -0.1) is 6.42 Å². The number of hydrogen-bond acceptors (Lipinski definition) is 4. The number of carbonyl (C=O) groups is 2. The molecule has 0 saturated heterocycles. The van der Waals surface area contributed by atoms with Gasteiger partial charge in [-0.2, -0.15) is 0 Å². The number of aromatic carboxylic acids is 1. The van der Waals surface area contributed by atoms with E-state index in [0.29, 0.717) is 17.1 Å². The molecule has 0 fully saturated rings. The van der Waals surface area contributed by atoms with Crippen LogP contribution in [0.5, 0.6) is 11.5 Å². The van der Waals surface area contributed by atoms with Crippen molar-refractivity contribution in [2.45, 2.75) is 6.42 Å². The molecule has 0 unspecified atom stereocenters. The van der Waals surface area contributed by atoms with Gasteiger partial charge < -0.3 is 14.6 Å². The van der Waals surface area contributed by atoms with Gasteiger partial charge in [0.2, 0.25) is 0 Å². The van der Waals surface area contributed by atoms with Gasteiger partial charge >= 0.3 is 5.97 Å². The molecule has 0 saturated carbocycles. The zero-order valence-corrected chi connectivity index (χ0v) is 14.3. The van der Waals surface area contributed by atoms with Gasteiger partial charge in [-0.1, -0.05) is 36.3 Å². The Morgan fingerprint density at radius 2 is 1.96 bits per heavy atom. The summed E-state index contributed by atoms with van der Waals surface area (Å²) in [5.74, 6) is 2.15. The predicted molar refractivity (Wildman–Crippen MR) is 98.5 cm³/mol. The molecule has 0 heterocycles. The Labute approximate surface area is 151 Å². The van der Waals surface area contributed by atoms with E-state index in [0.717, 1.165) is 5.56 Å². The van der Waals surface area contributed by atoms with Crippen molar-refractivity contribution in [2.75, 3.05) is 13.7 Å². The van der Waals surface area contributed by atoms with Crippen LogP contribution in [-0.4, -0.2) is 30.6 Å². The van der Waals surface area contributed by atoms with Gasteiger partial charge in [0.15, 0.2) is 17.3 Å². The predicted octanol–water partition coefficient (Wildman–Crippen LogP) is 3.23. The van der Waals surface area contributed by atoms with Crippen molar-refractivity contribution in [3.05, 3.63) is 65.2 Å². The lowest BCUT2D eigenvalue weighted by atomic mass is 10.0. The second kappa shape index (κ2) is 9.09. The van der Waals surface area contributed by atoms with Gasteiger partial charge in [-0.3, -0.25) is 4.79 Å². The lowest BCUT2D eigenvalue weighted by Gasteiger charge is -2.09. The Kier molecular flexibility index (Phi) is 6.58. The fraction of sp³-hybridized carbons (Fsp3) is 0.143. The van der Waals surface area contributed by atoms with E-state index in [1.54, 1.807) is 42.5 Å². The lowest BCUT2D eigenvalue weighted by Crippen LogP contribution is -2.06. The first-order valence-corrected chi connectivity index (χ1v) is 7.81. The van der Waals surface area contributed by atoms with Crippen LogP contribution in [0.3, 0.4) is 0 Å². The molecule has 0 aromatic heterocycles. The summed E-state index contributed by atoms with van der Waals surface area (Å²) in [6.45, 7) is 0.132. The SMILES string of the molecule is C#CCOc1ccc(/C=C/C(=O)Cc2ccccc2C(=O)O)cc1OC. The summed E-state index contributed by atoms with van der Waals surface area (Å²) in [7, 11) is 1.51. The number of carbonyl (C=O) groups excluding carboxylic acids is 1. The molecule has 0 radical (unpaired) electrons. The molecule has 0 spiro atoms. The largest absolute Gasteiger partial charge is 0.493 e. The summed E-state index contributed by atoms with van der Waals surface area (Å²) in [5, 5.41) is 9.16. The number of allylic oxidation sites excluding steroid dienone is 1. The Hall–Kier alpha value is -3.52. The van der Waals surface area contributed by atoms with E-state index in [9.17, 15) is 9.59 Å².